The Kier molecular flexibility index (Phi) is 4.92. The first kappa shape index (κ1) is 21.6. The third kappa shape index (κ3) is 3.37. The van der Waals surface area contributed by atoms with Crippen molar-refractivity contribution in [2.75, 3.05) is 0 Å². The molecule has 0 saturated carbocycles. The van der Waals surface area contributed by atoms with Gasteiger partial charge in [0.1, 0.15) is 5.94 Å². The van der Waals surface area contributed by atoms with E-state index in [9.17, 15) is 4.79 Å². The fourth-order valence-electron chi connectivity index (χ4n) is 5.91. The van der Waals surface area contributed by atoms with Gasteiger partial charge in [0.25, 0.3) is 0 Å². The van der Waals surface area contributed by atoms with E-state index in [1.807, 2.05) is 0 Å². The highest BCUT2D eigenvalue weighted by atomic mass is 16.1. The van der Waals surface area contributed by atoms with Crippen molar-refractivity contribution in [3.8, 4) is 22.3 Å². The second-order valence-electron chi connectivity index (χ2n) is 9.87. The maximum Gasteiger partial charge on any atom is 0.129 e. The summed E-state index contributed by atoms with van der Waals surface area (Å²) in [5.41, 5.74) is 7.35. The summed E-state index contributed by atoms with van der Waals surface area (Å²) in [4.78, 5) is 12.5. The van der Waals surface area contributed by atoms with Crippen molar-refractivity contribution in [1.29, 1.82) is 0 Å². The van der Waals surface area contributed by atoms with Gasteiger partial charge in [-0.3, -0.25) is 0 Å². The van der Waals surface area contributed by atoms with E-state index in [0.29, 0.717) is 5.57 Å². The lowest BCUT2D eigenvalue weighted by Crippen LogP contribution is -2.08. The zero-order valence-corrected chi connectivity index (χ0v) is 20.5. The number of carbonyl (C=O) groups excluding carboxylic acids is 1. The molecular formula is C36H24O. The van der Waals surface area contributed by atoms with Crippen LogP contribution in [0.3, 0.4) is 0 Å². The SMILES string of the molecule is CC1C=Cc2c(c(-c3ccc4ccccc4c3)c3ccccc3c2-c2ccc3ccccc3c2)C1=C=O. The predicted molar refractivity (Wildman–Crippen MR) is 157 cm³/mol. The van der Waals surface area contributed by atoms with Crippen LogP contribution in [0.5, 0.6) is 0 Å². The molecule has 6 aromatic carbocycles. The van der Waals surface area contributed by atoms with E-state index in [-0.39, 0.29) is 5.92 Å². The fraction of sp³-hybridized carbons (Fsp3) is 0.0556. The van der Waals surface area contributed by atoms with Gasteiger partial charge < -0.3 is 0 Å². The molecule has 0 aliphatic heterocycles. The van der Waals surface area contributed by atoms with Gasteiger partial charge in [0, 0.05) is 11.5 Å². The van der Waals surface area contributed by atoms with E-state index in [2.05, 4.69) is 134 Å². The molecule has 6 aromatic rings. The molecule has 174 valence electrons. The van der Waals surface area contributed by atoms with Gasteiger partial charge >= 0.3 is 0 Å². The first-order valence-corrected chi connectivity index (χ1v) is 12.7. The van der Waals surface area contributed by atoms with E-state index >= 15 is 0 Å². The van der Waals surface area contributed by atoms with Crippen LogP contribution in [0.15, 0.2) is 115 Å². The Morgan fingerprint density at radius 1 is 0.568 bits per heavy atom. The molecule has 0 fully saturated rings. The van der Waals surface area contributed by atoms with Crippen LogP contribution < -0.4 is 0 Å². The molecule has 1 aliphatic rings. The molecule has 1 aliphatic carbocycles. The molecule has 0 radical (unpaired) electrons. The maximum atomic E-state index is 12.5. The quantitative estimate of drug-likeness (QED) is 0.229. The first-order valence-electron chi connectivity index (χ1n) is 12.7. The van der Waals surface area contributed by atoms with E-state index in [4.69, 9.17) is 0 Å². The van der Waals surface area contributed by atoms with Gasteiger partial charge in [-0.05, 0) is 72.3 Å². The van der Waals surface area contributed by atoms with Gasteiger partial charge in [-0.1, -0.05) is 116 Å². The highest BCUT2D eigenvalue weighted by Crippen LogP contribution is 2.48. The van der Waals surface area contributed by atoms with Crippen LogP contribution in [0.25, 0.3) is 66.2 Å². The topological polar surface area (TPSA) is 17.1 Å². The largest absolute Gasteiger partial charge is 0.233 e. The highest BCUT2D eigenvalue weighted by molar-refractivity contribution is 6.16. The van der Waals surface area contributed by atoms with Gasteiger partial charge in [0.05, 0.1) is 5.57 Å². The molecule has 7 rings (SSSR count). The van der Waals surface area contributed by atoms with Crippen molar-refractivity contribution in [2.24, 2.45) is 5.92 Å². The molecule has 1 nitrogen and oxygen atoms in total. The second kappa shape index (κ2) is 8.45. The van der Waals surface area contributed by atoms with Crippen LogP contribution in [0.2, 0.25) is 0 Å². The van der Waals surface area contributed by atoms with Crippen LogP contribution in [-0.2, 0) is 4.79 Å². The normalized spacial score (nSPS) is 14.7. The minimum Gasteiger partial charge on any atom is -0.233 e. The average molecular weight is 473 g/mol. The first-order chi connectivity index (χ1) is 18.2. The molecule has 0 bridgehead atoms. The summed E-state index contributed by atoms with van der Waals surface area (Å²) >= 11 is 0. The molecule has 1 atom stereocenters. The Hall–Kier alpha value is -4.71. The van der Waals surface area contributed by atoms with Gasteiger partial charge in [-0.25, -0.2) is 4.79 Å². The fourth-order valence-corrected chi connectivity index (χ4v) is 5.91. The average Bonchev–Trinajstić information content (AvgIpc) is 2.95. The Labute approximate surface area is 216 Å². The maximum absolute atomic E-state index is 12.5. The molecule has 0 spiro atoms. The van der Waals surface area contributed by atoms with Crippen molar-refractivity contribution in [2.45, 2.75) is 6.92 Å². The molecule has 0 N–H and O–H groups in total. The van der Waals surface area contributed by atoms with E-state index in [1.165, 1.54) is 26.9 Å². The van der Waals surface area contributed by atoms with Crippen molar-refractivity contribution >= 4 is 49.9 Å². The summed E-state index contributed by atoms with van der Waals surface area (Å²) in [7, 11) is 0. The molecular weight excluding hydrogens is 448 g/mol. The van der Waals surface area contributed by atoms with Crippen LogP contribution in [-0.4, -0.2) is 5.94 Å². The zero-order chi connectivity index (χ0) is 24.9. The standard InChI is InChI=1S/C36H24O/c1-23-14-19-32-34(28-17-15-24-8-2-4-10-26(24)20-28)30-12-6-7-13-31(30)35(36(32)33(23)22-37)29-18-16-25-9-3-5-11-27(25)21-29/h2-21,23H,1H3. The van der Waals surface area contributed by atoms with Crippen LogP contribution in [0, 0.1) is 5.92 Å². The van der Waals surface area contributed by atoms with E-state index in [0.717, 1.165) is 38.8 Å². The smallest absolute Gasteiger partial charge is 0.129 e. The predicted octanol–water partition coefficient (Wildman–Crippen LogP) is 9.36. The second-order valence-corrected chi connectivity index (χ2v) is 9.87. The van der Waals surface area contributed by atoms with E-state index in [1.54, 1.807) is 0 Å². The van der Waals surface area contributed by atoms with Crippen molar-refractivity contribution in [3.05, 3.63) is 126 Å². The Morgan fingerprint density at radius 2 is 1.08 bits per heavy atom. The summed E-state index contributed by atoms with van der Waals surface area (Å²) in [6.45, 7) is 2.08. The van der Waals surface area contributed by atoms with Gasteiger partial charge in [0.15, 0.2) is 0 Å². The number of allylic oxidation sites excluding steroid dienone is 2. The number of benzene rings is 6. The van der Waals surface area contributed by atoms with Gasteiger partial charge in [-0.15, -0.1) is 0 Å². The zero-order valence-electron chi connectivity index (χ0n) is 20.5. The Morgan fingerprint density at radius 3 is 1.68 bits per heavy atom. The third-order valence-electron chi connectivity index (χ3n) is 7.72. The molecule has 0 saturated heterocycles. The number of rotatable bonds is 2. The highest BCUT2D eigenvalue weighted by Gasteiger charge is 2.27. The van der Waals surface area contributed by atoms with Crippen LogP contribution in [0.4, 0.5) is 0 Å². The van der Waals surface area contributed by atoms with Gasteiger partial charge in [-0.2, -0.15) is 0 Å². The summed E-state index contributed by atoms with van der Waals surface area (Å²) in [5, 5.41) is 7.15. The molecule has 0 amide bonds. The number of hydrogen-bond donors (Lipinski definition) is 0. The van der Waals surface area contributed by atoms with Crippen LogP contribution in [0.1, 0.15) is 18.1 Å². The summed E-state index contributed by atoms with van der Waals surface area (Å²) in [6, 6.07) is 38.8. The summed E-state index contributed by atoms with van der Waals surface area (Å²) in [5.74, 6) is 2.34. The lowest BCUT2D eigenvalue weighted by molar-refractivity contribution is 0.568. The van der Waals surface area contributed by atoms with E-state index < -0.39 is 0 Å². The minimum absolute atomic E-state index is 0.00479. The number of hydrogen-bond acceptors (Lipinski definition) is 1. The summed E-state index contributed by atoms with van der Waals surface area (Å²) < 4.78 is 0. The van der Waals surface area contributed by atoms with Crippen molar-refractivity contribution < 1.29 is 4.79 Å². The molecule has 37 heavy (non-hydrogen) atoms. The molecule has 1 heteroatoms. The molecule has 0 heterocycles. The number of fused-ring (bicyclic) bond motifs is 4. The van der Waals surface area contributed by atoms with Crippen LogP contribution >= 0.6 is 0 Å². The van der Waals surface area contributed by atoms with Crippen molar-refractivity contribution in [1.82, 2.24) is 0 Å². The lowest BCUT2D eigenvalue weighted by atomic mass is 9.75. The molecule has 0 aromatic heterocycles. The lowest BCUT2D eigenvalue weighted by Gasteiger charge is -2.26. The third-order valence-corrected chi connectivity index (χ3v) is 7.72. The minimum atomic E-state index is -0.00479. The van der Waals surface area contributed by atoms with Gasteiger partial charge in [0.2, 0.25) is 0 Å². The monoisotopic (exact) mass is 472 g/mol. The molecule has 1 unspecified atom stereocenters. The van der Waals surface area contributed by atoms with Crippen molar-refractivity contribution in [3.63, 3.8) is 0 Å². The Bertz CT molecular complexity index is 1950. The Balaban J connectivity index is 1.64. The summed E-state index contributed by atoms with van der Waals surface area (Å²) in [6.07, 6.45) is 4.34.